The van der Waals surface area contributed by atoms with E-state index in [1.165, 1.54) is 25.3 Å². The van der Waals surface area contributed by atoms with Crippen molar-refractivity contribution in [2.75, 3.05) is 12.4 Å². The molecule has 1 aromatic heterocycles. The highest BCUT2D eigenvalue weighted by Gasteiger charge is 2.21. The van der Waals surface area contributed by atoms with Crippen molar-refractivity contribution in [3.05, 3.63) is 23.9 Å². The number of nitrogens with zero attached hydrogens (tertiary/aromatic N) is 2. The van der Waals surface area contributed by atoms with E-state index in [0.717, 1.165) is 11.8 Å². The molecule has 0 aromatic carbocycles. The minimum Gasteiger partial charge on any atom is -0.430 e. The van der Waals surface area contributed by atoms with Crippen LogP contribution in [0.4, 0.5) is 13.2 Å². The lowest BCUT2D eigenvalue weighted by Gasteiger charge is -1.95. The lowest BCUT2D eigenvalue weighted by atomic mass is 10.4. The molecule has 1 saturated carbocycles. The number of rotatable bonds is 8. The lowest BCUT2D eigenvalue weighted by molar-refractivity contribution is 0.135. The van der Waals surface area contributed by atoms with Gasteiger partial charge in [0, 0.05) is 12.2 Å². The van der Waals surface area contributed by atoms with E-state index >= 15 is 0 Å². The molecule has 1 aliphatic carbocycles. The standard InChI is InChI=1S/C12H13F3N2O2S/c13-10(11(14)15)3-4-20-12-16-5-9(19-12)6-17-18-7-8-1-2-8/h5-6,8H,1-4,7H2. The highest BCUT2D eigenvalue weighted by atomic mass is 32.2. The molecule has 1 aromatic rings. The summed E-state index contributed by atoms with van der Waals surface area (Å²) in [7, 11) is 0. The van der Waals surface area contributed by atoms with E-state index in [1.807, 2.05) is 0 Å². The topological polar surface area (TPSA) is 47.6 Å². The Morgan fingerprint density at radius 1 is 1.50 bits per heavy atom. The van der Waals surface area contributed by atoms with Crippen LogP contribution in [0.1, 0.15) is 25.0 Å². The number of thioether (sulfide) groups is 1. The van der Waals surface area contributed by atoms with Crippen LogP contribution in [0.3, 0.4) is 0 Å². The van der Waals surface area contributed by atoms with E-state index in [2.05, 4.69) is 10.1 Å². The molecule has 0 aliphatic heterocycles. The number of oxazole rings is 1. The molecule has 20 heavy (non-hydrogen) atoms. The van der Waals surface area contributed by atoms with Gasteiger partial charge in [-0.3, -0.25) is 0 Å². The molecular weight excluding hydrogens is 293 g/mol. The van der Waals surface area contributed by atoms with E-state index in [-0.39, 0.29) is 17.4 Å². The van der Waals surface area contributed by atoms with E-state index in [4.69, 9.17) is 9.25 Å². The molecule has 110 valence electrons. The molecule has 1 fully saturated rings. The van der Waals surface area contributed by atoms with E-state index in [9.17, 15) is 13.2 Å². The number of hydrogen-bond donors (Lipinski definition) is 0. The zero-order valence-electron chi connectivity index (χ0n) is 10.5. The summed E-state index contributed by atoms with van der Waals surface area (Å²) in [4.78, 5) is 8.95. The van der Waals surface area contributed by atoms with E-state index < -0.39 is 11.9 Å². The fraction of sp³-hybridized carbons (Fsp3) is 0.500. The quantitative estimate of drug-likeness (QED) is 0.414. The van der Waals surface area contributed by atoms with Gasteiger partial charge in [-0.25, -0.2) is 9.37 Å². The zero-order valence-corrected chi connectivity index (χ0v) is 11.3. The molecule has 8 heteroatoms. The average Bonchev–Trinajstić information content (AvgIpc) is 3.14. The fourth-order valence-electron chi connectivity index (χ4n) is 1.24. The Morgan fingerprint density at radius 2 is 2.30 bits per heavy atom. The normalized spacial score (nSPS) is 14.8. The van der Waals surface area contributed by atoms with Gasteiger partial charge in [0.15, 0.2) is 11.6 Å². The highest BCUT2D eigenvalue weighted by Crippen LogP contribution is 2.28. The largest absolute Gasteiger partial charge is 0.430 e. The van der Waals surface area contributed by atoms with Crippen molar-refractivity contribution < 1.29 is 22.4 Å². The van der Waals surface area contributed by atoms with Crippen molar-refractivity contribution in [2.45, 2.75) is 24.5 Å². The summed E-state index contributed by atoms with van der Waals surface area (Å²) in [5.41, 5.74) is 0. The first-order valence-corrected chi connectivity index (χ1v) is 7.07. The third-order valence-electron chi connectivity index (χ3n) is 2.52. The van der Waals surface area contributed by atoms with Crippen molar-refractivity contribution in [2.24, 2.45) is 11.1 Å². The molecule has 0 N–H and O–H groups in total. The number of hydrogen-bond acceptors (Lipinski definition) is 5. The molecule has 0 spiro atoms. The Kier molecular flexibility index (Phi) is 5.51. The molecule has 0 amide bonds. The summed E-state index contributed by atoms with van der Waals surface area (Å²) in [6.07, 6.45) is 2.56. The Hall–Kier alpha value is -1.44. The first-order chi connectivity index (χ1) is 9.65. The summed E-state index contributed by atoms with van der Waals surface area (Å²) in [6, 6.07) is 0. The first-order valence-electron chi connectivity index (χ1n) is 6.08. The van der Waals surface area contributed by atoms with Gasteiger partial charge in [-0.1, -0.05) is 16.9 Å². The van der Waals surface area contributed by atoms with Gasteiger partial charge in [-0.05, 0) is 18.8 Å². The van der Waals surface area contributed by atoms with Crippen LogP contribution in [-0.4, -0.2) is 23.6 Å². The number of allylic oxidation sites excluding steroid dienone is 1. The van der Waals surface area contributed by atoms with Crippen molar-refractivity contribution in [1.29, 1.82) is 0 Å². The van der Waals surface area contributed by atoms with Gasteiger partial charge in [0.1, 0.15) is 12.8 Å². The predicted molar refractivity (Wildman–Crippen MR) is 68.5 cm³/mol. The third kappa shape index (κ3) is 5.28. The van der Waals surface area contributed by atoms with Gasteiger partial charge < -0.3 is 9.25 Å². The van der Waals surface area contributed by atoms with E-state index in [1.54, 1.807) is 0 Å². The maximum absolute atomic E-state index is 12.5. The van der Waals surface area contributed by atoms with Crippen LogP contribution in [-0.2, 0) is 4.84 Å². The number of oxime groups is 1. The van der Waals surface area contributed by atoms with Crippen LogP contribution in [0.2, 0.25) is 0 Å². The maximum atomic E-state index is 12.5. The second-order valence-electron chi connectivity index (χ2n) is 4.27. The Morgan fingerprint density at radius 3 is 3.00 bits per heavy atom. The molecule has 0 unspecified atom stereocenters. The predicted octanol–water partition coefficient (Wildman–Crippen LogP) is 3.99. The first kappa shape index (κ1) is 15.0. The van der Waals surface area contributed by atoms with Crippen LogP contribution >= 0.6 is 11.8 Å². The monoisotopic (exact) mass is 306 g/mol. The lowest BCUT2D eigenvalue weighted by Crippen LogP contribution is -1.89. The van der Waals surface area contributed by atoms with Crippen molar-refractivity contribution in [1.82, 2.24) is 4.98 Å². The smallest absolute Gasteiger partial charge is 0.301 e. The molecule has 1 heterocycles. The maximum Gasteiger partial charge on any atom is 0.301 e. The summed E-state index contributed by atoms with van der Waals surface area (Å²) in [5.74, 6) is -0.263. The second kappa shape index (κ2) is 7.37. The summed E-state index contributed by atoms with van der Waals surface area (Å²) in [5, 5.41) is 4.01. The molecule has 0 bridgehead atoms. The molecule has 0 atom stereocenters. The third-order valence-corrected chi connectivity index (χ3v) is 3.36. The van der Waals surface area contributed by atoms with Gasteiger partial charge in [0.05, 0.1) is 6.20 Å². The van der Waals surface area contributed by atoms with Crippen molar-refractivity contribution >= 4 is 18.0 Å². The minimum atomic E-state index is -2.28. The Bertz CT molecular complexity index is 497. The summed E-state index contributed by atoms with van der Waals surface area (Å²) >= 11 is 1.05. The fourth-order valence-corrected chi connectivity index (χ4v) is 1.98. The SMILES string of the molecule is FC(F)=C(F)CCSc1ncc(C=NOCC2CC2)o1. The highest BCUT2D eigenvalue weighted by molar-refractivity contribution is 7.99. The van der Waals surface area contributed by atoms with Crippen molar-refractivity contribution in [3.63, 3.8) is 0 Å². The van der Waals surface area contributed by atoms with Gasteiger partial charge in [-0.2, -0.15) is 8.78 Å². The Labute approximate surface area is 118 Å². The van der Waals surface area contributed by atoms with Gasteiger partial charge in [0.2, 0.25) is 0 Å². The number of aromatic nitrogens is 1. The van der Waals surface area contributed by atoms with E-state index in [0.29, 0.717) is 18.3 Å². The zero-order chi connectivity index (χ0) is 14.4. The molecule has 0 saturated heterocycles. The van der Waals surface area contributed by atoms with Crippen LogP contribution in [0.15, 0.2) is 32.9 Å². The molecule has 4 nitrogen and oxygen atoms in total. The second-order valence-corrected chi connectivity index (χ2v) is 5.31. The number of halogens is 3. The van der Waals surface area contributed by atoms with Crippen LogP contribution in [0, 0.1) is 5.92 Å². The molecule has 0 radical (unpaired) electrons. The minimum absolute atomic E-state index is 0.123. The summed E-state index contributed by atoms with van der Waals surface area (Å²) < 4.78 is 41.4. The van der Waals surface area contributed by atoms with Gasteiger partial charge in [0.25, 0.3) is 5.22 Å². The van der Waals surface area contributed by atoms with Crippen LogP contribution in [0.5, 0.6) is 0 Å². The molecule has 1 aliphatic rings. The van der Waals surface area contributed by atoms with Gasteiger partial charge >= 0.3 is 6.08 Å². The van der Waals surface area contributed by atoms with Crippen LogP contribution in [0.25, 0.3) is 0 Å². The molecular formula is C12H13F3N2O2S. The average molecular weight is 306 g/mol. The van der Waals surface area contributed by atoms with Crippen LogP contribution < -0.4 is 0 Å². The molecule has 2 rings (SSSR count). The van der Waals surface area contributed by atoms with Gasteiger partial charge in [-0.15, -0.1) is 0 Å². The Balaban J connectivity index is 1.69. The summed E-state index contributed by atoms with van der Waals surface area (Å²) in [6.45, 7) is 0.604. The van der Waals surface area contributed by atoms with Crippen molar-refractivity contribution in [3.8, 4) is 0 Å².